The molecule has 1 aliphatic rings. The summed E-state index contributed by atoms with van der Waals surface area (Å²) in [6.45, 7) is -1.41. The zero-order valence-electron chi connectivity index (χ0n) is 15.8. The van der Waals surface area contributed by atoms with E-state index in [0.717, 1.165) is 4.90 Å². The highest BCUT2D eigenvalue weighted by Gasteiger charge is 2.44. The Hall–Kier alpha value is -3.82. The highest BCUT2D eigenvalue weighted by atomic mass is 19.3. The summed E-state index contributed by atoms with van der Waals surface area (Å²) in [5.41, 5.74) is 7.11. The number of aryl methyl sites for hydroxylation is 1. The maximum atomic E-state index is 13.2. The molecule has 1 unspecified atom stereocenters. The van der Waals surface area contributed by atoms with Gasteiger partial charge in [-0.05, 0) is 31.2 Å². The Labute approximate surface area is 169 Å². The number of carbonyl (C=O) groups is 2. The standard InChI is InChI=1S/C20H17F2N5O3/c1-11-17(18(23)27(25-11)15-8-4-5-9-24-15)12-10-16(28)26(19(12)29)13-6-2-3-7-14(13)30-20(21)22/h2-9,12,20H,10,23H2,1H3. The highest BCUT2D eigenvalue weighted by molar-refractivity contribution is 6.23. The summed E-state index contributed by atoms with van der Waals surface area (Å²) in [7, 11) is 0. The van der Waals surface area contributed by atoms with E-state index in [1.165, 1.54) is 28.9 Å². The first-order valence-electron chi connectivity index (χ1n) is 9.05. The molecule has 30 heavy (non-hydrogen) atoms. The first-order valence-corrected chi connectivity index (χ1v) is 9.05. The van der Waals surface area contributed by atoms with E-state index in [0.29, 0.717) is 17.1 Å². The number of hydrogen-bond acceptors (Lipinski definition) is 6. The largest absolute Gasteiger partial charge is 0.433 e. The van der Waals surface area contributed by atoms with Gasteiger partial charge in [0.15, 0.2) is 5.82 Å². The summed E-state index contributed by atoms with van der Waals surface area (Å²) in [6.07, 6.45) is 1.41. The fourth-order valence-electron chi connectivity index (χ4n) is 3.59. The van der Waals surface area contributed by atoms with Gasteiger partial charge in [0, 0.05) is 18.2 Å². The van der Waals surface area contributed by atoms with Crippen molar-refractivity contribution < 1.29 is 23.1 Å². The van der Waals surface area contributed by atoms with Gasteiger partial charge in [-0.1, -0.05) is 18.2 Å². The van der Waals surface area contributed by atoms with E-state index in [1.54, 1.807) is 31.3 Å². The van der Waals surface area contributed by atoms with Gasteiger partial charge in [0.1, 0.15) is 11.6 Å². The van der Waals surface area contributed by atoms with Gasteiger partial charge in [0.2, 0.25) is 11.8 Å². The summed E-state index contributed by atoms with van der Waals surface area (Å²) >= 11 is 0. The number of ether oxygens (including phenoxy) is 1. The Morgan fingerprint density at radius 3 is 2.60 bits per heavy atom. The zero-order chi connectivity index (χ0) is 21.4. The Morgan fingerprint density at radius 2 is 1.90 bits per heavy atom. The normalized spacial score (nSPS) is 16.5. The maximum absolute atomic E-state index is 13.2. The second kappa shape index (κ2) is 7.54. The molecule has 1 aromatic carbocycles. The Bertz CT molecular complexity index is 1120. The quantitative estimate of drug-likeness (QED) is 0.645. The topological polar surface area (TPSA) is 103 Å². The van der Waals surface area contributed by atoms with E-state index in [4.69, 9.17) is 5.73 Å². The van der Waals surface area contributed by atoms with Crippen LogP contribution < -0.4 is 15.4 Å². The van der Waals surface area contributed by atoms with Crippen molar-refractivity contribution >= 4 is 23.3 Å². The number of pyridine rings is 1. The van der Waals surface area contributed by atoms with Gasteiger partial charge in [-0.25, -0.2) is 9.88 Å². The Balaban J connectivity index is 1.72. The number of para-hydroxylation sites is 2. The number of carbonyl (C=O) groups excluding carboxylic acids is 2. The molecule has 1 atom stereocenters. The van der Waals surface area contributed by atoms with Gasteiger partial charge in [0.25, 0.3) is 0 Å². The minimum absolute atomic E-state index is 0.0383. The lowest BCUT2D eigenvalue weighted by atomic mass is 9.97. The van der Waals surface area contributed by atoms with Crippen LogP contribution in [-0.2, 0) is 9.59 Å². The molecule has 8 nitrogen and oxygen atoms in total. The molecule has 1 fully saturated rings. The number of nitrogens with zero attached hydrogens (tertiary/aromatic N) is 4. The van der Waals surface area contributed by atoms with Gasteiger partial charge in [-0.15, -0.1) is 0 Å². The van der Waals surface area contributed by atoms with Crippen LogP contribution in [0, 0.1) is 6.92 Å². The third-order valence-corrected chi connectivity index (χ3v) is 4.83. The predicted octanol–water partition coefficient (Wildman–Crippen LogP) is 2.81. The number of hydrogen-bond donors (Lipinski definition) is 1. The minimum Gasteiger partial charge on any atom is -0.433 e. The lowest BCUT2D eigenvalue weighted by molar-refractivity contribution is -0.121. The molecule has 10 heteroatoms. The molecule has 0 spiro atoms. The molecule has 3 heterocycles. The van der Waals surface area contributed by atoms with Crippen molar-refractivity contribution in [1.82, 2.24) is 14.8 Å². The van der Waals surface area contributed by atoms with Crippen molar-refractivity contribution in [3.63, 3.8) is 0 Å². The van der Waals surface area contributed by atoms with Crippen molar-refractivity contribution in [3.05, 3.63) is 59.9 Å². The number of aromatic nitrogens is 3. The number of rotatable bonds is 5. The fourth-order valence-corrected chi connectivity index (χ4v) is 3.59. The van der Waals surface area contributed by atoms with Crippen molar-refractivity contribution in [2.45, 2.75) is 25.9 Å². The molecule has 4 rings (SSSR count). The first kappa shape index (κ1) is 19.5. The molecule has 2 N–H and O–H groups in total. The lowest BCUT2D eigenvalue weighted by Crippen LogP contribution is -2.30. The molecule has 0 radical (unpaired) electrons. The van der Waals surface area contributed by atoms with Crippen LogP contribution in [-0.4, -0.2) is 33.2 Å². The number of nitrogens with two attached hydrogens (primary N) is 1. The molecule has 0 aliphatic carbocycles. The van der Waals surface area contributed by atoms with Gasteiger partial charge in [-0.2, -0.15) is 18.6 Å². The lowest BCUT2D eigenvalue weighted by Gasteiger charge is -2.18. The van der Waals surface area contributed by atoms with Gasteiger partial charge < -0.3 is 10.5 Å². The van der Waals surface area contributed by atoms with Crippen molar-refractivity contribution in [3.8, 4) is 11.6 Å². The van der Waals surface area contributed by atoms with Crippen LogP contribution in [0.4, 0.5) is 20.3 Å². The second-order valence-electron chi connectivity index (χ2n) is 6.65. The molecule has 154 valence electrons. The van der Waals surface area contributed by atoms with Crippen LogP contribution in [0.2, 0.25) is 0 Å². The van der Waals surface area contributed by atoms with E-state index < -0.39 is 24.3 Å². The third-order valence-electron chi connectivity index (χ3n) is 4.83. The van der Waals surface area contributed by atoms with Crippen LogP contribution in [0.3, 0.4) is 0 Å². The molecule has 0 bridgehead atoms. The predicted molar refractivity (Wildman–Crippen MR) is 103 cm³/mol. The summed E-state index contributed by atoms with van der Waals surface area (Å²) in [6, 6.07) is 10.9. The van der Waals surface area contributed by atoms with E-state index >= 15 is 0 Å². The molecule has 1 aliphatic heterocycles. The summed E-state index contributed by atoms with van der Waals surface area (Å²) in [5, 5.41) is 4.36. The van der Waals surface area contributed by atoms with Crippen LogP contribution in [0.5, 0.6) is 5.75 Å². The number of benzene rings is 1. The monoisotopic (exact) mass is 413 g/mol. The van der Waals surface area contributed by atoms with Crippen molar-refractivity contribution in [1.29, 1.82) is 0 Å². The summed E-state index contributed by atoms with van der Waals surface area (Å²) in [4.78, 5) is 30.9. The van der Waals surface area contributed by atoms with Crippen molar-refractivity contribution in [2.24, 2.45) is 0 Å². The number of imide groups is 1. The molecular weight excluding hydrogens is 396 g/mol. The maximum Gasteiger partial charge on any atom is 0.387 e. The Kier molecular flexibility index (Phi) is 4.90. The molecule has 2 amide bonds. The first-order chi connectivity index (χ1) is 14.4. The molecule has 2 aromatic heterocycles. The van der Waals surface area contributed by atoms with E-state index in [1.807, 2.05) is 0 Å². The van der Waals surface area contributed by atoms with Crippen molar-refractivity contribution in [2.75, 3.05) is 10.6 Å². The molecule has 0 saturated carbocycles. The van der Waals surface area contributed by atoms with E-state index in [-0.39, 0.29) is 23.7 Å². The van der Waals surface area contributed by atoms with Gasteiger partial charge in [0.05, 0.1) is 17.3 Å². The number of amides is 2. The molecular formula is C20H17F2N5O3. The average molecular weight is 413 g/mol. The van der Waals surface area contributed by atoms with Crippen LogP contribution in [0.1, 0.15) is 23.6 Å². The van der Waals surface area contributed by atoms with Crippen LogP contribution in [0.25, 0.3) is 5.82 Å². The van der Waals surface area contributed by atoms with Gasteiger partial charge in [-0.3, -0.25) is 9.59 Å². The fraction of sp³-hybridized carbons (Fsp3) is 0.200. The summed E-state index contributed by atoms with van der Waals surface area (Å²) in [5.74, 6) is -1.62. The highest BCUT2D eigenvalue weighted by Crippen LogP contribution is 2.40. The average Bonchev–Trinajstić information content (AvgIpc) is 3.17. The molecule has 1 saturated heterocycles. The number of anilines is 2. The van der Waals surface area contributed by atoms with Crippen LogP contribution >= 0.6 is 0 Å². The summed E-state index contributed by atoms with van der Waals surface area (Å²) < 4.78 is 31.4. The number of halogens is 2. The third kappa shape index (κ3) is 3.25. The van der Waals surface area contributed by atoms with E-state index in [9.17, 15) is 18.4 Å². The van der Waals surface area contributed by atoms with E-state index in [2.05, 4.69) is 14.8 Å². The smallest absolute Gasteiger partial charge is 0.387 e. The molecule has 3 aromatic rings. The van der Waals surface area contributed by atoms with Crippen LogP contribution in [0.15, 0.2) is 48.7 Å². The number of nitrogen functional groups attached to an aromatic ring is 1. The Morgan fingerprint density at radius 1 is 1.17 bits per heavy atom. The minimum atomic E-state index is -3.09. The van der Waals surface area contributed by atoms with Gasteiger partial charge >= 0.3 is 6.61 Å². The number of alkyl halides is 2. The SMILES string of the molecule is Cc1nn(-c2ccccn2)c(N)c1C1CC(=O)N(c2ccccc2OC(F)F)C1=O. The second-order valence-corrected chi connectivity index (χ2v) is 6.65. The zero-order valence-corrected chi connectivity index (χ0v) is 15.8.